The summed E-state index contributed by atoms with van der Waals surface area (Å²) in [6, 6.07) is 16.0. The van der Waals surface area contributed by atoms with Gasteiger partial charge in [-0.25, -0.2) is 0 Å². The lowest BCUT2D eigenvalue weighted by atomic mass is 10.1. The molecule has 1 heterocycles. The summed E-state index contributed by atoms with van der Waals surface area (Å²) in [5, 5.41) is 10.9. The molecule has 1 N–H and O–H groups in total. The van der Waals surface area contributed by atoms with E-state index in [1.165, 1.54) is 22.5 Å². The van der Waals surface area contributed by atoms with Crippen molar-refractivity contribution in [1.82, 2.24) is 4.57 Å². The Balaban J connectivity index is 1.77. The van der Waals surface area contributed by atoms with Crippen molar-refractivity contribution >= 4 is 16.6 Å². The van der Waals surface area contributed by atoms with E-state index in [9.17, 15) is 5.11 Å². The third-order valence-electron chi connectivity index (χ3n) is 4.47. The zero-order valence-corrected chi connectivity index (χ0v) is 12.6. The van der Waals surface area contributed by atoms with Crippen LogP contribution in [0.3, 0.4) is 0 Å². The van der Waals surface area contributed by atoms with Crippen molar-refractivity contribution in [3.05, 3.63) is 65.4 Å². The smallest absolute Gasteiger partial charge is 0.116 e. The van der Waals surface area contributed by atoms with Crippen molar-refractivity contribution in [2.45, 2.75) is 19.4 Å². The molecular formula is C19H18N2O. The van der Waals surface area contributed by atoms with E-state index < -0.39 is 0 Å². The highest BCUT2D eigenvalue weighted by Crippen LogP contribution is 2.34. The van der Waals surface area contributed by atoms with Crippen LogP contribution in [0.5, 0.6) is 5.75 Å². The van der Waals surface area contributed by atoms with Crippen LogP contribution in [-0.2, 0) is 20.0 Å². The van der Waals surface area contributed by atoms with Gasteiger partial charge in [-0.15, -0.1) is 0 Å². The van der Waals surface area contributed by atoms with Gasteiger partial charge < -0.3 is 9.67 Å². The number of nitrogens with zero attached hydrogens (tertiary/aromatic N) is 2. The van der Waals surface area contributed by atoms with Gasteiger partial charge in [0, 0.05) is 18.0 Å². The van der Waals surface area contributed by atoms with Gasteiger partial charge in [0.1, 0.15) is 5.75 Å². The Kier molecular flexibility index (Phi) is 3.00. The maximum Gasteiger partial charge on any atom is 0.116 e. The highest BCUT2D eigenvalue weighted by atomic mass is 16.3. The second kappa shape index (κ2) is 5.02. The maximum atomic E-state index is 9.75. The molecule has 3 aromatic rings. The Morgan fingerprint density at radius 2 is 1.91 bits per heavy atom. The number of fused-ring (bicyclic) bond motifs is 3. The predicted octanol–water partition coefficient (Wildman–Crippen LogP) is 3.82. The monoisotopic (exact) mass is 290 g/mol. The van der Waals surface area contributed by atoms with E-state index in [4.69, 9.17) is 4.99 Å². The van der Waals surface area contributed by atoms with Crippen LogP contribution in [0.25, 0.3) is 10.9 Å². The van der Waals surface area contributed by atoms with Gasteiger partial charge in [-0.1, -0.05) is 30.3 Å². The predicted molar refractivity (Wildman–Crippen MR) is 89.6 cm³/mol. The number of hydrogen-bond donors (Lipinski definition) is 1. The Hall–Kier alpha value is -2.55. The van der Waals surface area contributed by atoms with E-state index in [-0.39, 0.29) is 0 Å². The number of aromatic hydroxyl groups is 1. The lowest BCUT2D eigenvalue weighted by Gasteiger charge is -2.04. The minimum Gasteiger partial charge on any atom is -0.508 e. The van der Waals surface area contributed by atoms with E-state index in [0.29, 0.717) is 5.75 Å². The molecule has 0 amide bonds. The molecule has 3 nitrogen and oxygen atoms in total. The summed E-state index contributed by atoms with van der Waals surface area (Å²) in [6.07, 6.45) is 1.99. The van der Waals surface area contributed by atoms with Crippen molar-refractivity contribution in [2.75, 3.05) is 0 Å². The van der Waals surface area contributed by atoms with Gasteiger partial charge in [-0.05, 0) is 42.2 Å². The lowest BCUT2D eigenvalue weighted by Crippen LogP contribution is -2.03. The number of phenolic OH excluding ortho intramolecular Hbond substituents is 1. The van der Waals surface area contributed by atoms with Gasteiger partial charge in [-0.3, -0.25) is 4.99 Å². The molecule has 0 fully saturated rings. The van der Waals surface area contributed by atoms with E-state index in [1.54, 1.807) is 6.07 Å². The zero-order valence-electron chi connectivity index (χ0n) is 12.6. The quantitative estimate of drug-likeness (QED) is 0.765. The molecule has 22 heavy (non-hydrogen) atoms. The number of hydrogen-bond acceptors (Lipinski definition) is 2. The molecule has 0 unspecified atom stereocenters. The van der Waals surface area contributed by atoms with Gasteiger partial charge >= 0.3 is 0 Å². The summed E-state index contributed by atoms with van der Waals surface area (Å²) in [7, 11) is 2.08. The summed E-state index contributed by atoms with van der Waals surface area (Å²) < 4.78 is 2.21. The third kappa shape index (κ3) is 2.01. The molecule has 3 heteroatoms. The fourth-order valence-electron chi connectivity index (χ4n) is 3.42. The molecule has 0 spiro atoms. The van der Waals surface area contributed by atoms with E-state index >= 15 is 0 Å². The molecule has 0 radical (unpaired) electrons. The first kappa shape index (κ1) is 13.1. The Morgan fingerprint density at radius 3 is 2.73 bits per heavy atom. The largest absolute Gasteiger partial charge is 0.508 e. The average molecular weight is 290 g/mol. The van der Waals surface area contributed by atoms with E-state index in [1.807, 2.05) is 18.2 Å². The van der Waals surface area contributed by atoms with Gasteiger partial charge in [0.25, 0.3) is 0 Å². The Bertz CT molecular complexity index is 875. The van der Waals surface area contributed by atoms with Gasteiger partial charge in [0.2, 0.25) is 0 Å². The van der Waals surface area contributed by atoms with Gasteiger partial charge in [0.05, 0.1) is 18.0 Å². The Morgan fingerprint density at radius 1 is 1.09 bits per heavy atom. The normalized spacial score (nSPS) is 15.6. The molecule has 1 aliphatic rings. The van der Waals surface area contributed by atoms with Crippen molar-refractivity contribution < 1.29 is 5.11 Å². The average Bonchev–Trinajstić information content (AvgIpc) is 3.07. The summed E-state index contributed by atoms with van der Waals surface area (Å²) >= 11 is 0. The van der Waals surface area contributed by atoms with Crippen molar-refractivity contribution in [1.29, 1.82) is 0 Å². The van der Waals surface area contributed by atoms with Crippen LogP contribution in [0.2, 0.25) is 0 Å². The molecule has 4 rings (SSSR count). The molecule has 0 saturated carbocycles. The molecule has 0 aliphatic heterocycles. The summed E-state index contributed by atoms with van der Waals surface area (Å²) in [5.74, 6) is 0.329. The molecular weight excluding hydrogens is 272 g/mol. The molecule has 1 aromatic heterocycles. The number of rotatable bonds is 2. The fourth-order valence-corrected chi connectivity index (χ4v) is 3.42. The first-order valence-electron chi connectivity index (χ1n) is 7.62. The molecule has 0 bridgehead atoms. The van der Waals surface area contributed by atoms with Crippen LogP contribution in [0.4, 0.5) is 0 Å². The van der Waals surface area contributed by atoms with Gasteiger partial charge in [-0.2, -0.15) is 0 Å². The molecule has 1 aliphatic carbocycles. The number of aryl methyl sites for hydroxylation is 2. The molecule has 110 valence electrons. The molecule has 2 aromatic carbocycles. The number of phenols is 1. The Labute approximate surface area is 129 Å². The topological polar surface area (TPSA) is 37.5 Å². The number of benzene rings is 2. The minimum atomic E-state index is 0.329. The van der Waals surface area contributed by atoms with Crippen molar-refractivity contribution in [3.63, 3.8) is 0 Å². The molecule has 0 saturated heterocycles. The first-order valence-corrected chi connectivity index (χ1v) is 7.62. The van der Waals surface area contributed by atoms with Crippen molar-refractivity contribution in [3.8, 4) is 5.75 Å². The van der Waals surface area contributed by atoms with Gasteiger partial charge in [0.15, 0.2) is 0 Å². The van der Waals surface area contributed by atoms with Crippen LogP contribution in [0.1, 0.15) is 23.2 Å². The summed E-state index contributed by atoms with van der Waals surface area (Å²) in [6.45, 7) is 0.725. The zero-order chi connectivity index (χ0) is 15.1. The molecule has 0 atom stereocenters. The highest BCUT2D eigenvalue weighted by molar-refractivity contribution is 6.09. The van der Waals surface area contributed by atoms with Crippen LogP contribution in [-0.4, -0.2) is 15.4 Å². The lowest BCUT2D eigenvalue weighted by molar-refractivity contribution is 0.476. The van der Waals surface area contributed by atoms with Crippen LogP contribution in [0, 0.1) is 0 Å². The second-order valence-electron chi connectivity index (χ2n) is 5.84. The van der Waals surface area contributed by atoms with E-state index in [0.717, 1.165) is 30.3 Å². The first-order chi connectivity index (χ1) is 10.7. The number of aliphatic imine (C=N–C) groups is 1. The SMILES string of the molecule is Cn1c2c(c3cc(O)ccc31)CC/C2=N\Cc1ccccc1. The highest BCUT2D eigenvalue weighted by Gasteiger charge is 2.25. The minimum absolute atomic E-state index is 0.329. The number of aromatic nitrogens is 1. The standard InChI is InChI=1S/C19H18N2O/c1-21-18-10-7-14(22)11-16(18)15-8-9-17(19(15)21)20-12-13-5-3-2-4-6-13/h2-7,10-11,22H,8-9,12H2,1H3/b20-17+. The fraction of sp³-hybridized carbons (Fsp3) is 0.211. The van der Waals surface area contributed by atoms with Crippen LogP contribution >= 0.6 is 0 Å². The summed E-state index contributed by atoms with van der Waals surface area (Å²) in [5.41, 5.74) is 6.13. The second-order valence-corrected chi connectivity index (χ2v) is 5.84. The third-order valence-corrected chi connectivity index (χ3v) is 4.47. The maximum absolute atomic E-state index is 9.75. The van der Waals surface area contributed by atoms with E-state index in [2.05, 4.69) is 35.9 Å². The van der Waals surface area contributed by atoms with Crippen LogP contribution < -0.4 is 0 Å². The summed E-state index contributed by atoms with van der Waals surface area (Å²) in [4.78, 5) is 4.85. The van der Waals surface area contributed by atoms with Crippen LogP contribution in [0.15, 0.2) is 53.5 Å². The van der Waals surface area contributed by atoms with Crippen molar-refractivity contribution in [2.24, 2.45) is 12.0 Å².